The number of halogens is 2. The van der Waals surface area contributed by atoms with Crippen molar-refractivity contribution < 1.29 is 9.18 Å². The van der Waals surface area contributed by atoms with Crippen LogP contribution < -0.4 is 5.32 Å². The first-order valence-corrected chi connectivity index (χ1v) is 6.00. The summed E-state index contributed by atoms with van der Waals surface area (Å²) in [5.74, 6) is -0.247. The van der Waals surface area contributed by atoms with Crippen LogP contribution in [0.5, 0.6) is 0 Å². The molecule has 0 aliphatic carbocycles. The smallest absolute Gasteiger partial charge is 0.233 e. The number of carbonyl (C=O) groups is 1. The molecule has 1 unspecified atom stereocenters. The van der Waals surface area contributed by atoms with Gasteiger partial charge in [-0.2, -0.15) is 0 Å². The maximum Gasteiger partial charge on any atom is 0.233 e. The predicted octanol–water partition coefficient (Wildman–Crippen LogP) is 2.84. The number of carbonyl (C=O) groups excluding carboxylic acids is 1. The first-order valence-electron chi connectivity index (χ1n) is 5.09. The van der Waals surface area contributed by atoms with Crippen LogP contribution in [0.1, 0.15) is 23.6 Å². The van der Waals surface area contributed by atoms with Gasteiger partial charge in [0.15, 0.2) is 0 Å². The van der Waals surface area contributed by atoms with Gasteiger partial charge in [-0.3, -0.25) is 4.79 Å². The molecule has 16 heavy (non-hydrogen) atoms. The van der Waals surface area contributed by atoms with Gasteiger partial charge in [-0.05, 0) is 37.5 Å². The van der Waals surface area contributed by atoms with E-state index in [-0.39, 0.29) is 16.6 Å². The van der Waals surface area contributed by atoms with Crippen molar-refractivity contribution in [2.75, 3.05) is 0 Å². The lowest BCUT2D eigenvalue weighted by molar-refractivity contribution is -0.120. The quantitative estimate of drug-likeness (QED) is 0.851. The number of alkyl halides is 1. The van der Waals surface area contributed by atoms with E-state index in [1.54, 1.807) is 32.9 Å². The van der Waals surface area contributed by atoms with E-state index in [0.717, 1.165) is 5.56 Å². The Balaban J connectivity index is 2.72. The Hall–Kier alpha value is -0.900. The lowest BCUT2D eigenvalue weighted by atomic mass is 10.1. The highest BCUT2D eigenvalue weighted by Gasteiger charge is 2.09. The molecule has 1 atom stereocenters. The van der Waals surface area contributed by atoms with E-state index < -0.39 is 0 Å². The summed E-state index contributed by atoms with van der Waals surface area (Å²) in [7, 11) is 0. The second-order valence-corrected chi connectivity index (χ2v) is 5.25. The molecule has 0 heterocycles. The molecule has 88 valence electrons. The Morgan fingerprint density at radius 1 is 1.44 bits per heavy atom. The van der Waals surface area contributed by atoms with E-state index in [2.05, 4.69) is 21.2 Å². The molecule has 0 saturated carbocycles. The van der Waals surface area contributed by atoms with Crippen molar-refractivity contribution in [2.45, 2.75) is 32.1 Å². The van der Waals surface area contributed by atoms with E-state index in [9.17, 15) is 9.18 Å². The van der Waals surface area contributed by atoms with Crippen molar-refractivity contribution in [2.24, 2.45) is 0 Å². The number of benzene rings is 1. The van der Waals surface area contributed by atoms with Crippen LogP contribution in [0.2, 0.25) is 0 Å². The summed E-state index contributed by atoms with van der Waals surface area (Å²) in [4.78, 5) is 11.1. The van der Waals surface area contributed by atoms with Crippen LogP contribution in [0, 0.1) is 19.7 Å². The molecule has 0 bridgehead atoms. The number of nitrogens with one attached hydrogen (secondary N) is 1. The van der Waals surface area contributed by atoms with Crippen LogP contribution in [0.4, 0.5) is 4.39 Å². The summed E-state index contributed by atoms with van der Waals surface area (Å²) < 4.78 is 13.3. The van der Waals surface area contributed by atoms with Gasteiger partial charge in [0.25, 0.3) is 0 Å². The molecule has 0 fully saturated rings. The third-order valence-corrected chi connectivity index (χ3v) is 2.74. The standard InChI is InChI=1S/C12H15BrFNO/c1-7-4-10(5-8(2)11(7)14)6-15-12(16)9(3)13/h4-5,9H,6H2,1-3H3,(H,15,16). The average molecular weight is 288 g/mol. The first-order chi connectivity index (χ1) is 7.41. The molecule has 0 radical (unpaired) electrons. The van der Waals surface area contributed by atoms with Crippen LogP contribution in [0.25, 0.3) is 0 Å². The summed E-state index contributed by atoms with van der Waals surface area (Å²) in [5, 5.41) is 2.76. The van der Waals surface area contributed by atoms with E-state index >= 15 is 0 Å². The molecule has 1 aromatic rings. The van der Waals surface area contributed by atoms with Crippen LogP contribution in [0.3, 0.4) is 0 Å². The highest BCUT2D eigenvalue weighted by molar-refractivity contribution is 9.10. The normalized spacial score (nSPS) is 12.3. The Labute approximate surface area is 103 Å². The monoisotopic (exact) mass is 287 g/mol. The number of aryl methyl sites for hydroxylation is 2. The molecule has 1 N–H and O–H groups in total. The fourth-order valence-corrected chi connectivity index (χ4v) is 1.63. The number of rotatable bonds is 3. The third-order valence-electron chi connectivity index (χ3n) is 2.32. The fraction of sp³-hybridized carbons (Fsp3) is 0.417. The molecule has 1 rings (SSSR count). The summed E-state index contributed by atoms with van der Waals surface area (Å²) >= 11 is 3.18. The Bertz CT molecular complexity index is 381. The van der Waals surface area contributed by atoms with Crippen molar-refractivity contribution in [1.29, 1.82) is 0 Å². The van der Waals surface area contributed by atoms with Gasteiger partial charge in [0, 0.05) is 6.54 Å². The van der Waals surface area contributed by atoms with Crippen LogP contribution in [-0.4, -0.2) is 10.7 Å². The van der Waals surface area contributed by atoms with Crippen LogP contribution >= 0.6 is 15.9 Å². The Kier molecular flexibility index (Phi) is 4.47. The van der Waals surface area contributed by atoms with E-state index in [0.29, 0.717) is 17.7 Å². The molecule has 2 nitrogen and oxygen atoms in total. The van der Waals surface area contributed by atoms with Gasteiger partial charge in [0.1, 0.15) is 5.82 Å². The molecule has 0 aliphatic heterocycles. The van der Waals surface area contributed by atoms with E-state index in [4.69, 9.17) is 0 Å². The lowest BCUT2D eigenvalue weighted by Crippen LogP contribution is -2.28. The number of hydrogen-bond acceptors (Lipinski definition) is 1. The highest BCUT2D eigenvalue weighted by Crippen LogP contribution is 2.14. The van der Waals surface area contributed by atoms with Crippen LogP contribution in [0.15, 0.2) is 12.1 Å². The lowest BCUT2D eigenvalue weighted by Gasteiger charge is -2.09. The zero-order valence-electron chi connectivity index (χ0n) is 9.60. The molecule has 0 saturated heterocycles. The average Bonchev–Trinajstić information content (AvgIpc) is 2.22. The van der Waals surface area contributed by atoms with Gasteiger partial charge in [-0.1, -0.05) is 28.1 Å². The second kappa shape index (κ2) is 5.43. The number of hydrogen-bond donors (Lipinski definition) is 1. The minimum Gasteiger partial charge on any atom is -0.351 e. The topological polar surface area (TPSA) is 29.1 Å². The van der Waals surface area contributed by atoms with Crippen molar-refractivity contribution >= 4 is 21.8 Å². The maximum atomic E-state index is 13.3. The molecular weight excluding hydrogens is 273 g/mol. The summed E-state index contributed by atoms with van der Waals surface area (Å²) in [6.07, 6.45) is 0. The zero-order chi connectivity index (χ0) is 12.3. The van der Waals surface area contributed by atoms with Crippen molar-refractivity contribution in [3.63, 3.8) is 0 Å². The molecule has 0 spiro atoms. The largest absolute Gasteiger partial charge is 0.351 e. The predicted molar refractivity (Wildman–Crippen MR) is 66.1 cm³/mol. The Morgan fingerprint density at radius 2 is 1.94 bits per heavy atom. The molecule has 4 heteroatoms. The van der Waals surface area contributed by atoms with Gasteiger partial charge in [0.2, 0.25) is 5.91 Å². The summed E-state index contributed by atoms with van der Waals surface area (Å²) in [6.45, 7) is 5.63. The van der Waals surface area contributed by atoms with Crippen molar-refractivity contribution in [1.82, 2.24) is 5.32 Å². The van der Waals surface area contributed by atoms with Gasteiger partial charge < -0.3 is 5.32 Å². The van der Waals surface area contributed by atoms with Crippen molar-refractivity contribution in [3.8, 4) is 0 Å². The van der Waals surface area contributed by atoms with Crippen molar-refractivity contribution in [3.05, 3.63) is 34.6 Å². The third kappa shape index (κ3) is 3.30. The minimum atomic E-state index is -0.213. The van der Waals surface area contributed by atoms with E-state index in [1.165, 1.54) is 0 Å². The molecule has 0 aliphatic rings. The number of amides is 1. The molecular formula is C12H15BrFNO. The molecule has 0 aromatic heterocycles. The van der Waals surface area contributed by atoms with Gasteiger partial charge in [0.05, 0.1) is 4.83 Å². The van der Waals surface area contributed by atoms with E-state index in [1.807, 2.05) is 0 Å². The fourth-order valence-electron chi connectivity index (χ4n) is 1.47. The Morgan fingerprint density at radius 3 is 2.38 bits per heavy atom. The zero-order valence-corrected chi connectivity index (χ0v) is 11.2. The molecule has 1 amide bonds. The second-order valence-electron chi connectivity index (χ2n) is 3.88. The maximum absolute atomic E-state index is 13.3. The SMILES string of the molecule is Cc1cc(CNC(=O)C(C)Br)cc(C)c1F. The minimum absolute atomic E-state index is 0.0698. The highest BCUT2D eigenvalue weighted by atomic mass is 79.9. The molecule has 1 aromatic carbocycles. The first kappa shape index (κ1) is 13.2. The van der Waals surface area contributed by atoms with Crippen LogP contribution in [-0.2, 0) is 11.3 Å². The summed E-state index contributed by atoms with van der Waals surface area (Å²) in [6, 6.07) is 3.50. The van der Waals surface area contributed by atoms with Gasteiger partial charge >= 0.3 is 0 Å². The van der Waals surface area contributed by atoms with Gasteiger partial charge in [-0.15, -0.1) is 0 Å². The summed E-state index contributed by atoms with van der Waals surface area (Å²) in [5.41, 5.74) is 2.13. The van der Waals surface area contributed by atoms with Gasteiger partial charge in [-0.25, -0.2) is 4.39 Å².